The Bertz CT molecular complexity index is 473. The van der Waals surface area contributed by atoms with Crippen LogP contribution in [0.5, 0.6) is 0 Å². The number of ether oxygens (including phenoxy) is 1. The lowest BCUT2D eigenvalue weighted by atomic mass is 10.1. The third kappa shape index (κ3) is 16.6. The van der Waals surface area contributed by atoms with Crippen LogP contribution in [-0.4, -0.2) is 35.0 Å². The Hall–Kier alpha value is -1.75. The van der Waals surface area contributed by atoms with Crippen LogP contribution in [0.3, 0.4) is 0 Å². The lowest BCUT2D eigenvalue weighted by molar-refractivity contribution is -0.141. The number of rotatable bonds is 11. The second-order valence-electron chi connectivity index (χ2n) is 5.59. The van der Waals surface area contributed by atoms with Crippen LogP contribution in [-0.2, 0) is 9.53 Å². The van der Waals surface area contributed by atoms with Crippen molar-refractivity contribution in [3.63, 3.8) is 0 Å². The first kappa shape index (κ1) is 22.2. The number of carbonyl (C=O) groups is 1. The van der Waals surface area contributed by atoms with Gasteiger partial charge in [0.1, 0.15) is 12.2 Å². The van der Waals surface area contributed by atoms with E-state index < -0.39 is 12.2 Å². The van der Waals surface area contributed by atoms with E-state index >= 15 is 0 Å². The van der Waals surface area contributed by atoms with Gasteiger partial charge in [-0.3, -0.25) is 4.79 Å². The van der Waals surface area contributed by atoms with Gasteiger partial charge in [-0.25, -0.2) is 0 Å². The van der Waals surface area contributed by atoms with Crippen LogP contribution >= 0.6 is 0 Å². The minimum Gasteiger partial charge on any atom is -0.466 e. The highest BCUT2D eigenvalue weighted by molar-refractivity contribution is 5.65. The molecular formula is C20H30O4. The summed E-state index contributed by atoms with van der Waals surface area (Å²) in [6, 6.07) is 0. The third-order valence-electron chi connectivity index (χ3n) is 3.30. The Balaban J connectivity index is 3.56. The normalized spacial score (nSPS) is 12.7. The van der Waals surface area contributed by atoms with Crippen LogP contribution < -0.4 is 0 Å². The summed E-state index contributed by atoms with van der Waals surface area (Å²) in [5.41, 5.74) is 0. The van der Waals surface area contributed by atoms with Crippen molar-refractivity contribution in [2.75, 3.05) is 6.61 Å². The van der Waals surface area contributed by atoms with Crippen molar-refractivity contribution < 1.29 is 19.7 Å². The number of aliphatic hydroxyl groups excluding tert-OH is 2. The number of carbonyl (C=O) groups excluding carboxylic acids is 1. The molecule has 0 aliphatic rings. The van der Waals surface area contributed by atoms with Gasteiger partial charge < -0.3 is 14.9 Å². The van der Waals surface area contributed by atoms with Gasteiger partial charge in [-0.05, 0) is 43.6 Å². The van der Waals surface area contributed by atoms with E-state index in [9.17, 15) is 15.0 Å². The highest BCUT2D eigenvalue weighted by Gasteiger charge is 1.94. The summed E-state index contributed by atoms with van der Waals surface area (Å²) in [4.78, 5) is 10.6. The Morgan fingerprint density at radius 3 is 2.33 bits per heavy atom. The first-order valence-electron chi connectivity index (χ1n) is 8.73. The van der Waals surface area contributed by atoms with Gasteiger partial charge in [0, 0.05) is 6.92 Å². The number of aliphatic hydroxyl groups is 2. The molecule has 0 saturated carbocycles. The molecule has 0 amide bonds. The summed E-state index contributed by atoms with van der Waals surface area (Å²) in [6.45, 7) is 3.80. The number of hydrogen-bond acceptors (Lipinski definition) is 4. The van der Waals surface area contributed by atoms with Gasteiger partial charge >= 0.3 is 5.97 Å². The molecule has 0 saturated heterocycles. The van der Waals surface area contributed by atoms with Crippen LogP contribution in [0.1, 0.15) is 65.2 Å². The summed E-state index contributed by atoms with van der Waals surface area (Å²) < 4.78 is 4.87. The number of allylic oxidation sites excluding steroid dienone is 1. The summed E-state index contributed by atoms with van der Waals surface area (Å²) in [5.74, 6) is 10.0. The van der Waals surface area contributed by atoms with Gasteiger partial charge in [0.15, 0.2) is 0 Å². The molecule has 0 aliphatic heterocycles. The molecule has 0 unspecified atom stereocenters. The Labute approximate surface area is 146 Å². The minimum atomic E-state index is -0.806. The molecule has 0 fully saturated rings. The molecule has 2 atom stereocenters. The topological polar surface area (TPSA) is 66.8 Å². The smallest absolute Gasteiger partial charge is 0.302 e. The van der Waals surface area contributed by atoms with Crippen LogP contribution in [0.4, 0.5) is 0 Å². The molecule has 0 aromatic heterocycles. The van der Waals surface area contributed by atoms with Crippen molar-refractivity contribution in [1.29, 1.82) is 0 Å². The minimum absolute atomic E-state index is 0.209. The molecule has 0 rings (SSSR count). The fraction of sp³-hybridized carbons (Fsp3) is 0.650. The maximum Gasteiger partial charge on any atom is 0.302 e. The average Bonchev–Trinajstić information content (AvgIpc) is 2.56. The molecule has 4 heteroatoms. The zero-order valence-corrected chi connectivity index (χ0v) is 14.9. The number of unbranched alkanes of at least 4 members (excludes halogenated alkanes) is 6. The predicted octanol–water partition coefficient (Wildman–Crippen LogP) is 2.98. The van der Waals surface area contributed by atoms with Crippen molar-refractivity contribution in [2.24, 2.45) is 0 Å². The lowest BCUT2D eigenvalue weighted by Crippen LogP contribution is -2.00. The largest absolute Gasteiger partial charge is 0.466 e. The maximum atomic E-state index is 10.6. The molecule has 4 nitrogen and oxygen atoms in total. The molecule has 0 aromatic carbocycles. The summed E-state index contributed by atoms with van der Waals surface area (Å²) >= 11 is 0. The zero-order chi connectivity index (χ0) is 18.0. The van der Waals surface area contributed by atoms with Gasteiger partial charge in [0.05, 0.1) is 6.61 Å². The number of esters is 1. The second kappa shape index (κ2) is 16.1. The average molecular weight is 334 g/mol. The Kier molecular flexibility index (Phi) is 14.9. The van der Waals surface area contributed by atoms with Gasteiger partial charge in [-0.1, -0.05) is 50.5 Å². The predicted molar refractivity (Wildman–Crippen MR) is 95.9 cm³/mol. The molecule has 0 aromatic rings. The molecule has 24 heavy (non-hydrogen) atoms. The van der Waals surface area contributed by atoms with E-state index in [1.807, 2.05) is 13.0 Å². The fourth-order valence-electron chi connectivity index (χ4n) is 1.89. The van der Waals surface area contributed by atoms with E-state index in [1.165, 1.54) is 13.3 Å². The van der Waals surface area contributed by atoms with E-state index in [2.05, 4.69) is 23.7 Å². The second-order valence-corrected chi connectivity index (χ2v) is 5.59. The summed E-state index contributed by atoms with van der Waals surface area (Å²) in [7, 11) is 0. The van der Waals surface area contributed by atoms with Crippen molar-refractivity contribution in [2.45, 2.75) is 77.4 Å². The summed E-state index contributed by atoms with van der Waals surface area (Å²) in [6.07, 6.45) is 10.2. The molecule has 2 N–H and O–H groups in total. The molecule has 0 aliphatic carbocycles. The van der Waals surface area contributed by atoms with Gasteiger partial charge in [-0.2, -0.15) is 0 Å². The van der Waals surface area contributed by atoms with Crippen molar-refractivity contribution in [3.05, 3.63) is 12.2 Å². The van der Waals surface area contributed by atoms with Crippen molar-refractivity contribution >= 4 is 5.97 Å². The monoisotopic (exact) mass is 334 g/mol. The third-order valence-corrected chi connectivity index (χ3v) is 3.30. The van der Waals surface area contributed by atoms with E-state index in [-0.39, 0.29) is 5.97 Å². The highest BCUT2D eigenvalue weighted by atomic mass is 16.5. The van der Waals surface area contributed by atoms with E-state index in [0.717, 1.165) is 38.5 Å². The standard InChI is InChI=1S/C20H30O4/c1-3-19(22)14-11-12-16-20(23)15-10-8-6-4-5-7-9-13-17-24-18(2)21/h10,15,19-20,22-23H,3-9,13,17H2,1-2H3/t19-,20-/m0/s1. The SMILES string of the molecule is CC[C@H](O)C#CC#C[C@@H](O)C=CCCCCCCCCOC(C)=O. The van der Waals surface area contributed by atoms with Crippen LogP contribution in [0.25, 0.3) is 0 Å². The Morgan fingerprint density at radius 1 is 1.04 bits per heavy atom. The van der Waals surface area contributed by atoms with Crippen LogP contribution in [0.15, 0.2) is 12.2 Å². The van der Waals surface area contributed by atoms with E-state index in [1.54, 1.807) is 6.08 Å². The first-order valence-corrected chi connectivity index (χ1v) is 8.73. The van der Waals surface area contributed by atoms with E-state index in [0.29, 0.717) is 13.0 Å². The molecule has 0 bridgehead atoms. The van der Waals surface area contributed by atoms with Gasteiger partial charge in [-0.15, -0.1) is 0 Å². The Morgan fingerprint density at radius 2 is 1.67 bits per heavy atom. The van der Waals surface area contributed by atoms with E-state index in [4.69, 9.17) is 4.74 Å². The summed E-state index contributed by atoms with van der Waals surface area (Å²) in [5, 5.41) is 18.8. The molecule has 0 spiro atoms. The molecule has 0 heterocycles. The van der Waals surface area contributed by atoms with Crippen LogP contribution in [0, 0.1) is 23.7 Å². The maximum absolute atomic E-state index is 10.6. The molecule has 134 valence electrons. The van der Waals surface area contributed by atoms with Crippen LogP contribution in [0.2, 0.25) is 0 Å². The zero-order valence-electron chi connectivity index (χ0n) is 14.9. The van der Waals surface area contributed by atoms with Crippen molar-refractivity contribution in [1.82, 2.24) is 0 Å². The number of hydrogen-bond donors (Lipinski definition) is 2. The quantitative estimate of drug-likeness (QED) is 0.264. The molecule has 0 radical (unpaired) electrons. The lowest BCUT2D eigenvalue weighted by Gasteiger charge is -2.02. The fourth-order valence-corrected chi connectivity index (χ4v) is 1.89. The van der Waals surface area contributed by atoms with Gasteiger partial charge in [0.2, 0.25) is 0 Å². The molecular weight excluding hydrogens is 304 g/mol. The van der Waals surface area contributed by atoms with Gasteiger partial charge in [0.25, 0.3) is 0 Å². The first-order chi connectivity index (χ1) is 11.6. The van der Waals surface area contributed by atoms with Crippen molar-refractivity contribution in [3.8, 4) is 23.7 Å². The highest BCUT2D eigenvalue weighted by Crippen LogP contribution is 2.08.